The number of carbonyl (C=O) groups is 1. The molecule has 0 saturated carbocycles. The van der Waals surface area contributed by atoms with Gasteiger partial charge in [0, 0.05) is 33.1 Å². The van der Waals surface area contributed by atoms with Crippen molar-refractivity contribution >= 4 is 36.0 Å². The zero-order valence-electron chi connectivity index (χ0n) is 20.3. The van der Waals surface area contributed by atoms with Crippen LogP contribution in [-0.4, -0.2) is 48.4 Å². The lowest BCUT2D eigenvalue weighted by Crippen LogP contribution is -2.39. The first-order chi connectivity index (χ1) is 16.2. The molecule has 1 aliphatic carbocycles. The summed E-state index contributed by atoms with van der Waals surface area (Å²) in [5.41, 5.74) is 8.50. The molecule has 0 radical (unpaired) electrons. The maximum absolute atomic E-state index is 11.7. The highest BCUT2D eigenvalue weighted by molar-refractivity contribution is 5.94. The van der Waals surface area contributed by atoms with Crippen molar-refractivity contribution in [2.45, 2.75) is 45.4 Å². The molecule has 1 unspecified atom stereocenters. The van der Waals surface area contributed by atoms with Gasteiger partial charge in [-0.25, -0.2) is 0 Å². The highest BCUT2D eigenvalue weighted by atomic mass is 35.5. The molecular formula is C30H37ClN2O. The fourth-order valence-corrected chi connectivity index (χ4v) is 5.93. The molecule has 4 heteroatoms. The van der Waals surface area contributed by atoms with Gasteiger partial charge in [0.05, 0.1) is 0 Å². The largest absolute Gasteiger partial charge is 0.343 e. The normalized spacial score (nSPS) is 20.3. The predicted molar refractivity (Wildman–Crippen MR) is 145 cm³/mol. The number of amides is 1. The van der Waals surface area contributed by atoms with Gasteiger partial charge in [0.15, 0.2) is 0 Å². The van der Waals surface area contributed by atoms with Crippen molar-refractivity contribution in [1.82, 2.24) is 9.80 Å². The fourth-order valence-electron chi connectivity index (χ4n) is 5.93. The maximum atomic E-state index is 11.7. The SMILES string of the molecule is CC(=O)N1CCCC(CCCN2CCC(=C3c4ccccc4C=Cc4ccccc43)CC2)C1.Cl. The number of nitrogens with zero attached hydrogens (tertiary/aromatic N) is 2. The number of carbonyl (C=O) groups excluding carboxylic acids is 1. The number of benzene rings is 2. The van der Waals surface area contributed by atoms with Gasteiger partial charge < -0.3 is 9.80 Å². The summed E-state index contributed by atoms with van der Waals surface area (Å²) in [4.78, 5) is 16.4. The highest BCUT2D eigenvalue weighted by Crippen LogP contribution is 2.38. The van der Waals surface area contributed by atoms with Gasteiger partial charge in [-0.1, -0.05) is 66.3 Å². The van der Waals surface area contributed by atoms with Crippen molar-refractivity contribution in [2.75, 3.05) is 32.7 Å². The van der Waals surface area contributed by atoms with E-state index in [-0.39, 0.29) is 18.3 Å². The molecule has 2 aromatic rings. The minimum atomic E-state index is 0. The summed E-state index contributed by atoms with van der Waals surface area (Å²) >= 11 is 0. The van der Waals surface area contributed by atoms with Crippen molar-refractivity contribution in [1.29, 1.82) is 0 Å². The Labute approximate surface area is 210 Å². The zero-order chi connectivity index (χ0) is 22.6. The molecule has 1 atom stereocenters. The first-order valence-corrected chi connectivity index (χ1v) is 12.8. The molecule has 0 spiro atoms. The Morgan fingerprint density at radius 1 is 0.912 bits per heavy atom. The molecule has 34 heavy (non-hydrogen) atoms. The summed E-state index contributed by atoms with van der Waals surface area (Å²) < 4.78 is 0. The van der Waals surface area contributed by atoms with Crippen LogP contribution in [0.5, 0.6) is 0 Å². The Morgan fingerprint density at radius 2 is 1.53 bits per heavy atom. The summed E-state index contributed by atoms with van der Waals surface area (Å²) in [5.74, 6) is 0.935. The van der Waals surface area contributed by atoms with Gasteiger partial charge in [-0.05, 0) is 78.8 Å². The number of likely N-dealkylation sites (tertiary alicyclic amines) is 2. The summed E-state index contributed by atoms with van der Waals surface area (Å²) in [6.07, 6.45) is 11.8. The van der Waals surface area contributed by atoms with E-state index >= 15 is 0 Å². The molecule has 2 aromatic carbocycles. The molecule has 1 amide bonds. The summed E-state index contributed by atoms with van der Waals surface area (Å²) in [7, 11) is 0. The van der Waals surface area contributed by atoms with Crippen LogP contribution in [0.3, 0.4) is 0 Å². The maximum Gasteiger partial charge on any atom is 0.219 e. The van der Waals surface area contributed by atoms with E-state index in [0.717, 1.165) is 39.0 Å². The second kappa shape index (κ2) is 11.4. The van der Waals surface area contributed by atoms with Crippen LogP contribution in [0.4, 0.5) is 0 Å². The Morgan fingerprint density at radius 3 is 2.15 bits per heavy atom. The molecule has 2 fully saturated rings. The minimum Gasteiger partial charge on any atom is -0.343 e. The number of fused-ring (bicyclic) bond motifs is 2. The Hall–Kier alpha value is -2.36. The van der Waals surface area contributed by atoms with Gasteiger partial charge in [-0.2, -0.15) is 0 Å². The van der Waals surface area contributed by atoms with Crippen LogP contribution in [0.25, 0.3) is 17.7 Å². The topological polar surface area (TPSA) is 23.6 Å². The standard InChI is InChI=1S/C30H36N2O.ClH/c1-23(33)32-19-7-9-24(22-32)8-6-18-31-20-16-27(17-21-31)30-28-12-4-2-10-25(28)14-15-26-11-3-5-13-29(26)30;/h2-5,10-15,24H,6-9,16-22H2,1H3;1H. The molecule has 2 aliphatic heterocycles. The smallest absolute Gasteiger partial charge is 0.219 e. The summed E-state index contributed by atoms with van der Waals surface area (Å²) in [6.45, 7) is 7.13. The van der Waals surface area contributed by atoms with Gasteiger partial charge in [-0.3, -0.25) is 4.79 Å². The van der Waals surface area contributed by atoms with Crippen molar-refractivity contribution in [3.63, 3.8) is 0 Å². The second-order valence-electron chi connectivity index (χ2n) is 9.94. The molecule has 2 saturated heterocycles. The van der Waals surface area contributed by atoms with Crippen molar-refractivity contribution in [2.24, 2.45) is 5.92 Å². The van der Waals surface area contributed by atoms with E-state index in [1.165, 1.54) is 60.1 Å². The number of rotatable bonds is 4. The first-order valence-electron chi connectivity index (χ1n) is 12.8. The Kier molecular flexibility index (Phi) is 8.28. The third-order valence-corrected chi connectivity index (χ3v) is 7.77. The van der Waals surface area contributed by atoms with Gasteiger partial charge in [0.1, 0.15) is 0 Å². The number of hydrogen-bond acceptors (Lipinski definition) is 2. The number of halogens is 1. The van der Waals surface area contributed by atoms with E-state index in [0.29, 0.717) is 5.92 Å². The first kappa shape index (κ1) is 24.8. The Bertz CT molecular complexity index is 1010. The second-order valence-corrected chi connectivity index (χ2v) is 9.94. The van der Waals surface area contributed by atoms with E-state index in [9.17, 15) is 4.79 Å². The van der Waals surface area contributed by atoms with Crippen LogP contribution in [-0.2, 0) is 4.79 Å². The molecule has 0 N–H and O–H groups in total. The van der Waals surface area contributed by atoms with Crippen LogP contribution in [0, 0.1) is 5.92 Å². The minimum absolute atomic E-state index is 0. The monoisotopic (exact) mass is 476 g/mol. The third-order valence-electron chi connectivity index (χ3n) is 7.77. The van der Waals surface area contributed by atoms with Crippen LogP contribution in [0.1, 0.15) is 67.7 Å². The summed E-state index contributed by atoms with van der Waals surface area (Å²) in [5, 5.41) is 0. The lowest BCUT2D eigenvalue weighted by atomic mass is 9.86. The molecule has 0 aromatic heterocycles. The number of hydrogen-bond donors (Lipinski definition) is 0. The highest BCUT2D eigenvalue weighted by Gasteiger charge is 2.24. The quantitative estimate of drug-likeness (QED) is 0.427. The molecular weight excluding hydrogens is 440 g/mol. The molecule has 3 nitrogen and oxygen atoms in total. The van der Waals surface area contributed by atoms with Gasteiger partial charge in [0.25, 0.3) is 0 Å². The summed E-state index contributed by atoms with van der Waals surface area (Å²) in [6, 6.07) is 17.7. The van der Waals surface area contributed by atoms with Crippen molar-refractivity contribution in [3.8, 4) is 0 Å². The predicted octanol–water partition coefficient (Wildman–Crippen LogP) is 6.53. The molecule has 0 bridgehead atoms. The molecule has 5 rings (SSSR count). The van der Waals surface area contributed by atoms with Crippen LogP contribution in [0.2, 0.25) is 0 Å². The lowest BCUT2D eigenvalue weighted by Gasteiger charge is -2.33. The average molecular weight is 477 g/mol. The Balaban J connectivity index is 0.00000274. The molecule has 3 aliphatic rings. The third kappa shape index (κ3) is 5.47. The zero-order valence-corrected chi connectivity index (χ0v) is 21.2. The van der Waals surface area contributed by atoms with Crippen LogP contribution in [0.15, 0.2) is 54.1 Å². The van der Waals surface area contributed by atoms with Crippen molar-refractivity contribution < 1.29 is 4.79 Å². The van der Waals surface area contributed by atoms with E-state index in [4.69, 9.17) is 0 Å². The molecule has 180 valence electrons. The molecule has 2 heterocycles. The van der Waals surface area contributed by atoms with Crippen molar-refractivity contribution in [3.05, 3.63) is 76.4 Å². The lowest BCUT2D eigenvalue weighted by molar-refractivity contribution is -0.130. The van der Waals surface area contributed by atoms with Crippen LogP contribution < -0.4 is 0 Å². The van der Waals surface area contributed by atoms with Crippen LogP contribution >= 0.6 is 12.4 Å². The van der Waals surface area contributed by atoms with Gasteiger partial charge in [0.2, 0.25) is 5.91 Å². The van der Waals surface area contributed by atoms with Gasteiger partial charge >= 0.3 is 0 Å². The van der Waals surface area contributed by atoms with Gasteiger partial charge in [-0.15, -0.1) is 12.4 Å². The van der Waals surface area contributed by atoms with E-state index in [1.54, 1.807) is 12.5 Å². The average Bonchev–Trinajstić information content (AvgIpc) is 3.02. The fraction of sp³-hybridized carbons (Fsp3) is 0.433. The number of piperidine rings is 2. The van der Waals surface area contributed by atoms with E-state index in [2.05, 4.69) is 65.6 Å². The van der Waals surface area contributed by atoms with E-state index in [1.807, 2.05) is 4.90 Å². The van der Waals surface area contributed by atoms with E-state index < -0.39 is 0 Å².